The van der Waals surface area contributed by atoms with E-state index in [4.69, 9.17) is 0 Å². The zero-order valence-electron chi connectivity index (χ0n) is 8.72. The van der Waals surface area contributed by atoms with Gasteiger partial charge in [-0.15, -0.1) is 0 Å². The van der Waals surface area contributed by atoms with Crippen LogP contribution >= 0.6 is 0 Å². The van der Waals surface area contributed by atoms with E-state index in [0.717, 1.165) is 0 Å². The number of hydrogen-bond donors (Lipinski definition) is 2. The van der Waals surface area contributed by atoms with Crippen molar-refractivity contribution >= 4 is 0 Å². The second kappa shape index (κ2) is 5.75. The molecule has 1 aromatic carbocycles. The van der Waals surface area contributed by atoms with Crippen LogP contribution < -0.4 is 5.32 Å². The normalized spacial score (nSPS) is 11.7. The van der Waals surface area contributed by atoms with Gasteiger partial charge >= 0.3 is 6.18 Å². The van der Waals surface area contributed by atoms with Gasteiger partial charge in [0.05, 0.1) is 0 Å². The van der Waals surface area contributed by atoms with Crippen LogP contribution in [0.4, 0.5) is 13.2 Å². The van der Waals surface area contributed by atoms with Gasteiger partial charge in [0.15, 0.2) is 0 Å². The molecule has 0 amide bonds. The largest absolute Gasteiger partial charge is 0.508 e. The Morgan fingerprint density at radius 2 is 1.88 bits per heavy atom. The Hall–Kier alpha value is -1.23. The minimum Gasteiger partial charge on any atom is -0.508 e. The maximum Gasteiger partial charge on any atom is 0.389 e. The molecule has 5 heteroatoms. The van der Waals surface area contributed by atoms with Crippen molar-refractivity contribution in [2.75, 3.05) is 6.54 Å². The van der Waals surface area contributed by atoms with Crippen molar-refractivity contribution in [3.05, 3.63) is 29.8 Å². The van der Waals surface area contributed by atoms with E-state index >= 15 is 0 Å². The van der Waals surface area contributed by atoms with Gasteiger partial charge in [-0.2, -0.15) is 13.2 Å². The maximum atomic E-state index is 11.8. The highest BCUT2D eigenvalue weighted by Crippen LogP contribution is 2.20. The molecule has 0 bridgehead atoms. The molecule has 0 heterocycles. The third-order valence-electron chi connectivity index (χ3n) is 2.12. The van der Waals surface area contributed by atoms with Gasteiger partial charge in [0.1, 0.15) is 5.75 Å². The molecule has 16 heavy (non-hydrogen) atoms. The van der Waals surface area contributed by atoms with Crippen LogP contribution in [-0.2, 0) is 6.54 Å². The van der Waals surface area contributed by atoms with Crippen LogP contribution in [0.1, 0.15) is 18.4 Å². The van der Waals surface area contributed by atoms with Gasteiger partial charge in [-0.05, 0) is 19.0 Å². The molecule has 0 aromatic heterocycles. The average molecular weight is 233 g/mol. The number of aromatic hydroxyl groups is 1. The fourth-order valence-corrected chi connectivity index (χ4v) is 1.30. The van der Waals surface area contributed by atoms with E-state index in [-0.39, 0.29) is 18.7 Å². The Labute approximate surface area is 92.1 Å². The Morgan fingerprint density at radius 3 is 2.50 bits per heavy atom. The van der Waals surface area contributed by atoms with Crippen molar-refractivity contribution in [2.24, 2.45) is 0 Å². The molecule has 0 aliphatic rings. The smallest absolute Gasteiger partial charge is 0.389 e. The molecule has 2 nitrogen and oxygen atoms in total. The fourth-order valence-electron chi connectivity index (χ4n) is 1.30. The summed E-state index contributed by atoms with van der Waals surface area (Å²) in [7, 11) is 0. The molecule has 0 fully saturated rings. The summed E-state index contributed by atoms with van der Waals surface area (Å²) in [6, 6.07) is 6.74. The van der Waals surface area contributed by atoms with Crippen molar-refractivity contribution in [1.82, 2.24) is 5.32 Å². The lowest BCUT2D eigenvalue weighted by Crippen LogP contribution is -2.17. The first-order valence-corrected chi connectivity index (χ1v) is 5.03. The number of alkyl halides is 3. The Morgan fingerprint density at radius 1 is 1.19 bits per heavy atom. The van der Waals surface area contributed by atoms with Crippen molar-refractivity contribution < 1.29 is 18.3 Å². The van der Waals surface area contributed by atoms with Crippen LogP contribution in [0.15, 0.2) is 24.3 Å². The van der Waals surface area contributed by atoms with Gasteiger partial charge in [-0.25, -0.2) is 0 Å². The monoisotopic (exact) mass is 233 g/mol. The van der Waals surface area contributed by atoms with E-state index in [1.165, 1.54) is 0 Å². The summed E-state index contributed by atoms with van der Waals surface area (Å²) in [4.78, 5) is 0. The van der Waals surface area contributed by atoms with Crippen LogP contribution in [0.2, 0.25) is 0 Å². The van der Waals surface area contributed by atoms with Crippen molar-refractivity contribution in [3.8, 4) is 5.75 Å². The van der Waals surface area contributed by atoms with E-state index < -0.39 is 12.6 Å². The summed E-state index contributed by atoms with van der Waals surface area (Å²) in [5, 5.41) is 12.2. The van der Waals surface area contributed by atoms with E-state index in [0.29, 0.717) is 12.1 Å². The summed E-state index contributed by atoms with van der Waals surface area (Å²) in [6.45, 7) is 0.665. The predicted octanol–water partition coefficient (Wildman–Crippen LogP) is 2.82. The predicted molar refractivity (Wildman–Crippen MR) is 55.1 cm³/mol. The van der Waals surface area contributed by atoms with Crippen LogP contribution in [0.3, 0.4) is 0 Å². The fraction of sp³-hybridized carbons (Fsp3) is 0.455. The minimum atomic E-state index is -4.09. The molecular formula is C11H14F3NO. The highest BCUT2D eigenvalue weighted by atomic mass is 19.4. The summed E-state index contributed by atoms with van der Waals surface area (Å²) in [5.41, 5.74) is 0.689. The summed E-state index contributed by atoms with van der Waals surface area (Å²) in [5.74, 6) is 0.158. The Bertz CT molecular complexity index is 325. The first kappa shape index (κ1) is 12.8. The van der Waals surface area contributed by atoms with Gasteiger partial charge in [0, 0.05) is 18.5 Å². The van der Waals surface area contributed by atoms with E-state index in [9.17, 15) is 18.3 Å². The first-order chi connectivity index (χ1) is 7.49. The molecule has 0 saturated heterocycles. The summed E-state index contributed by atoms with van der Waals surface area (Å²) in [6.07, 6.45) is -4.81. The molecule has 1 rings (SSSR count). The molecule has 2 N–H and O–H groups in total. The number of hydrogen-bond acceptors (Lipinski definition) is 2. The lowest BCUT2D eigenvalue weighted by atomic mass is 10.2. The quantitative estimate of drug-likeness (QED) is 0.766. The van der Waals surface area contributed by atoms with Crippen LogP contribution in [-0.4, -0.2) is 17.8 Å². The second-order valence-electron chi connectivity index (χ2n) is 3.52. The lowest BCUT2D eigenvalue weighted by molar-refractivity contribution is -0.135. The summed E-state index contributed by atoms with van der Waals surface area (Å²) < 4.78 is 35.4. The van der Waals surface area contributed by atoms with Gasteiger partial charge < -0.3 is 10.4 Å². The number of para-hydroxylation sites is 1. The Kier molecular flexibility index (Phi) is 4.61. The zero-order valence-corrected chi connectivity index (χ0v) is 8.72. The number of phenolic OH excluding ortho intramolecular Hbond substituents is 1. The van der Waals surface area contributed by atoms with Crippen molar-refractivity contribution in [2.45, 2.75) is 25.6 Å². The maximum absolute atomic E-state index is 11.8. The standard InChI is InChI=1S/C11H14F3NO/c12-11(13,14)6-3-7-15-8-9-4-1-2-5-10(9)16/h1-2,4-5,15-16H,3,6-8H2. The van der Waals surface area contributed by atoms with Crippen LogP contribution in [0.5, 0.6) is 5.75 Å². The number of phenols is 1. The molecule has 1 aromatic rings. The highest BCUT2D eigenvalue weighted by Gasteiger charge is 2.25. The molecule has 0 radical (unpaired) electrons. The molecule has 0 aliphatic carbocycles. The SMILES string of the molecule is Oc1ccccc1CNCCCC(F)(F)F. The second-order valence-corrected chi connectivity index (χ2v) is 3.52. The van der Waals surface area contributed by atoms with Gasteiger partial charge in [0.25, 0.3) is 0 Å². The first-order valence-electron chi connectivity index (χ1n) is 5.03. The summed E-state index contributed by atoms with van der Waals surface area (Å²) >= 11 is 0. The molecule has 0 spiro atoms. The number of rotatable bonds is 5. The third-order valence-corrected chi connectivity index (χ3v) is 2.12. The number of halogens is 3. The van der Waals surface area contributed by atoms with Crippen molar-refractivity contribution in [1.29, 1.82) is 0 Å². The number of benzene rings is 1. The lowest BCUT2D eigenvalue weighted by Gasteiger charge is -2.08. The van der Waals surface area contributed by atoms with Gasteiger partial charge in [-0.3, -0.25) is 0 Å². The highest BCUT2D eigenvalue weighted by molar-refractivity contribution is 5.31. The third kappa shape index (κ3) is 5.02. The molecule has 0 aliphatic heterocycles. The van der Waals surface area contributed by atoms with Crippen LogP contribution in [0, 0.1) is 0 Å². The molecule has 0 saturated carbocycles. The molecule has 90 valence electrons. The molecule has 0 unspecified atom stereocenters. The van der Waals surface area contributed by atoms with E-state index in [1.807, 2.05) is 0 Å². The minimum absolute atomic E-state index is 0.0527. The van der Waals surface area contributed by atoms with Gasteiger partial charge in [-0.1, -0.05) is 18.2 Å². The van der Waals surface area contributed by atoms with Gasteiger partial charge in [0.2, 0.25) is 0 Å². The molecule has 0 atom stereocenters. The van der Waals surface area contributed by atoms with Crippen LogP contribution in [0.25, 0.3) is 0 Å². The average Bonchev–Trinajstić information content (AvgIpc) is 2.18. The zero-order chi connectivity index (χ0) is 12.0. The Balaban J connectivity index is 2.19. The molecular weight excluding hydrogens is 219 g/mol. The van der Waals surface area contributed by atoms with Crippen molar-refractivity contribution in [3.63, 3.8) is 0 Å². The topological polar surface area (TPSA) is 32.3 Å². The van der Waals surface area contributed by atoms with E-state index in [2.05, 4.69) is 5.32 Å². The van der Waals surface area contributed by atoms with E-state index in [1.54, 1.807) is 24.3 Å². The number of nitrogens with one attached hydrogen (secondary N) is 1.